The van der Waals surface area contributed by atoms with Crippen LogP contribution in [0.2, 0.25) is 0 Å². The van der Waals surface area contributed by atoms with Crippen molar-refractivity contribution in [2.75, 3.05) is 4.90 Å². The highest BCUT2D eigenvalue weighted by Crippen LogP contribution is 2.46. The van der Waals surface area contributed by atoms with Gasteiger partial charge in [0.05, 0.1) is 5.69 Å². The molecule has 3 heterocycles. The molecule has 0 saturated heterocycles. The Bertz CT molecular complexity index is 3710. The van der Waals surface area contributed by atoms with Gasteiger partial charge in [-0.2, -0.15) is 0 Å². The van der Waals surface area contributed by atoms with Crippen molar-refractivity contribution < 1.29 is 13.3 Å². The minimum absolute atomic E-state index is 0.872. The zero-order valence-electron chi connectivity index (χ0n) is 33.4. The maximum absolute atomic E-state index is 6.81. The van der Waals surface area contributed by atoms with Gasteiger partial charge in [0.25, 0.3) is 0 Å². The molecule has 13 rings (SSSR count). The van der Waals surface area contributed by atoms with Gasteiger partial charge in [0, 0.05) is 54.8 Å². The van der Waals surface area contributed by atoms with Crippen LogP contribution in [0.3, 0.4) is 0 Å². The Morgan fingerprint density at radius 1 is 0.290 bits per heavy atom. The average molecular weight is 794 g/mol. The SMILES string of the molecule is c1ccc(N(c2ccc(-c3cccc4oc5ccccc5c34)cc2)c2ccc(-c3cccc4oc5ccccc5c34)cc2)c(-c2cccc3c2oc2cc4ccccc4cc23)c1. The lowest BCUT2D eigenvalue weighted by molar-refractivity contribution is 0.668. The van der Waals surface area contributed by atoms with Crippen LogP contribution >= 0.6 is 0 Å². The largest absolute Gasteiger partial charge is 0.456 e. The lowest BCUT2D eigenvalue weighted by atomic mass is 9.97. The van der Waals surface area contributed by atoms with Crippen molar-refractivity contribution in [3.05, 3.63) is 212 Å². The summed E-state index contributed by atoms with van der Waals surface area (Å²) in [7, 11) is 0. The standard InChI is InChI=1S/C58H35NO3/c1-2-13-39-35-55-49(34-38(39)12-1)46-20-9-19-45(58(46)62-55)44-14-3-6-21-50(44)59(40-30-26-36(27-31-40)42-17-10-24-53-56(42)47-15-4-7-22-51(47)60-53)41-32-28-37(29-33-41)43-18-11-25-54-57(43)48-16-5-8-23-52(48)61-54/h1-35H. The second-order valence-corrected chi connectivity index (χ2v) is 16.0. The summed E-state index contributed by atoms with van der Waals surface area (Å²) in [5.41, 5.74) is 15.0. The molecule has 0 unspecified atom stereocenters. The van der Waals surface area contributed by atoms with Crippen molar-refractivity contribution in [2.24, 2.45) is 0 Å². The summed E-state index contributed by atoms with van der Waals surface area (Å²) in [5.74, 6) is 0. The van der Waals surface area contributed by atoms with Crippen LogP contribution in [0.1, 0.15) is 0 Å². The number of para-hydroxylation sites is 4. The molecule has 0 spiro atoms. The fraction of sp³-hybridized carbons (Fsp3) is 0. The number of benzene rings is 10. The molecule has 0 aliphatic carbocycles. The zero-order valence-corrected chi connectivity index (χ0v) is 33.4. The molecule has 0 N–H and O–H groups in total. The summed E-state index contributed by atoms with van der Waals surface area (Å²) >= 11 is 0. The highest BCUT2D eigenvalue weighted by atomic mass is 16.3. The lowest BCUT2D eigenvalue weighted by Crippen LogP contribution is -2.11. The number of anilines is 3. The minimum Gasteiger partial charge on any atom is -0.456 e. The van der Waals surface area contributed by atoms with Crippen molar-refractivity contribution in [2.45, 2.75) is 0 Å². The maximum atomic E-state index is 6.81. The van der Waals surface area contributed by atoms with Crippen molar-refractivity contribution in [1.82, 2.24) is 0 Å². The van der Waals surface area contributed by atoms with Gasteiger partial charge < -0.3 is 18.2 Å². The molecule has 13 aromatic rings. The summed E-state index contributed by atoms with van der Waals surface area (Å²) in [5, 5.41) is 9.05. The van der Waals surface area contributed by atoms with Gasteiger partial charge in [-0.1, -0.05) is 146 Å². The Hall–Kier alpha value is -8.34. The number of hydrogen-bond donors (Lipinski definition) is 0. The van der Waals surface area contributed by atoms with E-state index in [-0.39, 0.29) is 0 Å². The molecule has 0 aliphatic heterocycles. The van der Waals surface area contributed by atoms with E-state index in [1.165, 1.54) is 5.39 Å². The molecule has 62 heavy (non-hydrogen) atoms. The van der Waals surface area contributed by atoms with Crippen molar-refractivity contribution in [1.29, 1.82) is 0 Å². The van der Waals surface area contributed by atoms with Gasteiger partial charge in [-0.15, -0.1) is 0 Å². The molecule has 0 atom stereocenters. The summed E-state index contributed by atoms with van der Waals surface area (Å²) in [6.45, 7) is 0. The fourth-order valence-electron chi connectivity index (χ4n) is 9.63. The predicted molar refractivity (Wildman–Crippen MR) is 257 cm³/mol. The highest BCUT2D eigenvalue weighted by Gasteiger charge is 2.22. The molecular formula is C58H35NO3. The topological polar surface area (TPSA) is 42.7 Å². The van der Waals surface area contributed by atoms with Gasteiger partial charge in [-0.25, -0.2) is 0 Å². The monoisotopic (exact) mass is 793 g/mol. The quantitative estimate of drug-likeness (QED) is 0.168. The van der Waals surface area contributed by atoms with Crippen molar-refractivity contribution in [3.8, 4) is 33.4 Å². The Balaban J connectivity index is 0.985. The summed E-state index contributed by atoms with van der Waals surface area (Å²) < 4.78 is 19.4. The molecule has 4 nitrogen and oxygen atoms in total. The number of hydrogen-bond acceptors (Lipinski definition) is 4. The second-order valence-electron chi connectivity index (χ2n) is 16.0. The van der Waals surface area contributed by atoms with Gasteiger partial charge >= 0.3 is 0 Å². The van der Waals surface area contributed by atoms with Gasteiger partial charge in [-0.05, 0) is 99.8 Å². The summed E-state index contributed by atoms with van der Waals surface area (Å²) in [6.07, 6.45) is 0. The predicted octanol–water partition coefficient (Wildman–Crippen LogP) is 17.0. The van der Waals surface area contributed by atoms with Gasteiger partial charge in [0.2, 0.25) is 0 Å². The van der Waals surface area contributed by atoms with Crippen LogP contribution in [0.25, 0.3) is 110 Å². The summed E-state index contributed by atoms with van der Waals surface area (Å²) in [4.78, 5) is 2.36. The first-order valence-electron chi connectivity index (χ1n) is 21.0. The second kappa shape index (κ2) is 13.6. The first-order valence-corrected chi connectivity index (χ1v) is 21.0. The number of fused-ring (bicyclic) bond motifs is 10. The highest BCUT2D eigenvalue weighted by molar-refractivity contribution is 6.15. The van der Waals surface area contributed by atoms with Crippen LogP contribution in [0.15, 0.2) is 226 Å². The van der Waals surface area contributed by atoms with Crippen LogP contribution < -0.4 is 4.90 Å². The molecule has 3 aromatic heterocycles. The average Bonchev–Trinajstić information content (AvgIpc) is 4.03. The summed E-state index contributed by atoms with van der Waals surface area (Å²) in [6, 6.07) is 75.0. The van der Waals surface area contributed by atoms with Crippen LogP contribution in [0.4, 0.5) is 17.1 Å². The lowest BCUT2D eigenvalue weighted by Gasteiger charge is -2.28. The molecule has 0 fully saturated rings. The minimum atomic E-state index is 0.872. The Kier molecular flexibility index (Phi) is 7.57. The van der Waals surface area contributed by atoms with Crippen LogP contribution in [-0.2, 0) is 0 Å². The van der Waals surface area contributed by atoms with E-state index in [9.17, 15) is 0 Å². The number of rotatable bonds is 6. The van der Waals surface area contributed by atoms with E-state index in [1.54, 1.807) is 0 Å². The normalized spacial score (nSPS) is 11.9. The Morgan fingerprint density at radius 2 is 0.758 bits per heavy atom. The Labute approximate surface area is 356 Å². The third-order valence-electron chi connectivity index (χ3n) is 12.5. The third-order valence-corrected chi connectivity index (χ3v) is 12.5. The molecule has 0 aliphatic rings. The number of nitrogens with zero attached hydrogens (tertiary/aromatic N) is 1. The van der Waals surface area contributed by atoms with Gasteiger partial charge in [0.15, 0.2) is 0 Å². The van der Waals surface area contributed by atoms with E-state index in [0.717, 1.165) is 122 Å². The fourth-order valence-corrected chi connectivity index (χ4v) is 9.63. The first-order chi connectivity index (χ1) is 30.7. The molecule has 10 aromatic carbocycles. The third kappa shape index (κ3) is 5.33. The van der Waals surface area contributed by atoms with E-state index < -0.39 is 0 Å². The molecule has 4 heteroatoms. The van der Waals surface area contributed by atoms with Gasteiger partial charge in [0.1, 0.15) is 33.5 Å². The molecule has 0 saturated carbocycles. The zero-order chi connectivity index (χ0) is 40.7. The smallest absolute Gasteiger partial charge is 0.143 e. The van der Waals surface area contributed by atoms with E-state index in [1.807, 2.05) is 24.3 Å². The van der Waals surface area contributed by atoms with Crippen molar-refractivity contribution in [3.63, 3.8) is 0 Å². The van der Waals surface area contributed by atoms with E-state index in [2.05, 4.69) is 193 Å². The Morgan fingerprint density at radius 3 is 1.39 bits per heavy atom. The molecular weight excluding hydrogens is 759 g/mol. The van der Waals surface area contributed by atoms with Gasteiger partial charge in [-0.3, -0.25) is 0 Å². The molecule has 0 bridgehead atoms. The van der Waals surface area contributed by atoms with Crippen LogP contribution in [-0.4, -0.2) is 0 Å². The van der Waals surface area contributed by atoms with Crippen LogP contribution in [0.5, 0.6) is 0 Å². The first kappa shape index (κ1) is 34.5. The van der Waals surface area contributed by atoms with Crippen molar-refractivity contribution >= 4 is 93.7 Å². The van der Waals surface area contributed by atoms with Crippen LogP contribution in [0, 0.1) is 0 Å². The molecule has 0 amide bonds. The number of furan rings is 3. The maximum Gasteiger partial charge on any atom is 0.143 e. The van der Waals surface area contributed by atoms with E-state index >= 15 is 0 Å². The van der Waals surface area contributed by atoms with E-state index in [0.29, 0.717) is 0 Å². The van der Waals surface area contributed by atoms with E-state index in [4.69, 9.17) is 13.3 Å². The molecule has 0 radical (unpaired) electrons. The molecule has 290 valence electrons.